The summed E-state index contributed by atoms with van der Waals surface area (Å²) in [4.78, 5) is 39.0. The molecule has 21 heteroatoms. The van der Waals surface area contributed by atoms with E-state index in [-0.39, 0.29) is 54.7 Å². The van der Waals surface area contributed by atoms with E-state index >= 15 is 0 Å². The summed E-state index contributed by atoms with van der Waals surface area (Å²) in [5.74, 6) is -0.146. The van der Waals surface area contributed by atoms with Crippen LogP contribution in [0.2, 0.25) is 0 Å². The number of carbonyl (C=O) groups is 3. The van der Waals surface area contributed by atoms with Gasteiger partial charge in [-0.3, -0.25) is 9.59 Å². The molecule has 8 aromatic rings. The van der Waals surface area contributed by atoms with E-state index in [1.165, 1.54) is 25.7 Å². The molecule has 2 saturated carbocycles. The fraction of sp³-hybridized carbons (Fsp3) is 0.308. The number of benzene rings is 6. The number of nitrogens with one attached hydrogen (secondary N) is 5. The number of rotatable bonds is 19. The summed E-state index contributed by atoms with van der Waals surface area (Å²) in [7, 11) is 0. The molecule has 2 heterocycles. The number of nitrogens with zero attached hydrogens (tertiary/aromatic N) is 4. The third-order valence-corrected chi connectivity index (χ3v) is 14.2. The van der Waals surface area contributed by atoms with E-state index in [2.05, 4.69) is 61.0 Å². The quantitative estimate of drug-likeness (QED) is 0.0429. The molecule has 0 aliphatic heterocycles. The number of aromatic nitrogens is 4. The van der Waals surface area contributed by atoms with Gasteiger partial charge in [0, 0.05) is 36.6 Å². The highest BCUT2D eigenvalue weighted by Gasteiger charge is 2.38. The molecule has 0 radical (unpaired) electrons. The van der Waals surface area contributed by atoms with Gasteiger partial charge < -0.3 is 37.1 Å². The van der Waals surface area contributed by atoms with Crippen molar-refractivity contribution in [3.05, 3.63) is 225 Å². The van der Waals surface area contributed by atoms with Crippen LogP contribution in [0.1, 0.15) is 135 Å². The average Bonchev–Trinajstić information content (AvgIpc) is 4.40. The summed E-state index contributed by atoms with van der Waals surface area (Å²) < 4.78 is 89.3. The third-order valence-electron chi connectivity index (χ3n) is 14.2. The van der Waals surface area contributed by atoms with Crippen molar-refractivity contribution in [2.75, 3.05) is 23.7 Å². The number of amides is 3. The number of alkyl carbamates (subject to hydrolysis) is 1. The van der Waals surface area contributed by atoms with Crippen LogP contribution in [0, 0.1) is 25.7 Å². The number of aryl methyl sites for hydroxylation is 2. The van der Waals surface area contributed by atoms with Crippen LogP contribution >= 0.6 is 12.4 Å². The van der Waals surface area contributed by atoms with Gasteiger partial charge in [-0.05, 0) is 167 Å². The molecule has 0 spiro atoms. The normalized spacial score (nSPS) is 14.0. The third kappa shape index (κ3) is 17.4. The lowest BCUT2D eigenvalue weighted by molar-refractivity contribution is -0.142. The first-order valence-electron chi connectivity index (χ1n) is 28.1. The number of halogens is 7. The molecule has 14 nitrogen and oxygen atoms in total. The van der Waals surface area contributed by atoms with Gasteiger partial charge in [-0.2, -0.15) is 36.5 Å². The fourth-order valence-electron chi connectivity index (χ4n) is 9.61. The second-order valence-electron chi connectivity index (χ2n) is 22.6. The number of nitrogens with two attached hydrogens (primary N) is 1. The van der Waals surface area contributed by atoms with Crippen LogP contribution in [-0.4, -0.2) is 56.2 Å². The lowest BCUT2D eigenvalue weighted by Crippen LogP contribution is -2.32. The maximum Gasteiger partial charge on any atom is 0.435 e. The van der Waals surface area contributed by atoms with E-state index in [9.17, 15) is 40.7 Å². The molecule has 6 aromatic carbocycles. The first-order valence-corrected chi connectivity index (χ1v) is 28.1. The number of anilines is 2. The summed E-state index contributed by atoms with van der Waals surface area (Å²) in [6, 6.07) is 45.4. The second kappa shape index (κ2) is 27.4. The van der Waals surface area contributed by atoms with Gasteiger partial charge in [0.15, 0.2) is 11.4 Å². The van der Waals surface area contributed by atoms with Gasteiger partial charge in [-0.15, -0.1) is 12.4 Å². The first kappa shape index (κ1) is 63.7. The number of hydrogen-bond acceptors (Lipinski definition) is 9. The van der Waals surface area contributed by atoms with Crippen LogP contribution in [0.15, 0.2) is 158 Å². The monoisotopic (exact) mass is 1200 g/mol. The maximum atomic E-state index is 13.8. The highest BCUT2D eigenvalue weighted by molar-refractivity contribution is 6.04. The Hall–Kier alpha value is -8.30. The highest BCUT2D eigenvalue weighted by Crippen LogP contribution is 2.35. The Morgan fingerprint density at radius 3 is 1.35 bits per heavy atom. The van der Waals surface area contributed by atoms with Gasteiger partial charge in [0.2, 0.25) is 0 Å². The lowest BCUT2D eigenvalue weighted by atomic mass is 9.96. The molecule has 452 valence electrons. The Bertz CT molecular complexity index is 3660. The molecule has 2 aliphatic carbocycles. The van der Waals surface area contributed by atoms with Gasteiger partial charge >= 0.3 is 18.4 Å². The minimum Gasteiger partial charge on any atom is -0.444 e. The number of hydrogen-bond donors (Lipinski definition) is 6. The van der Waals surface area contributed by atoms with Gasteiger partial charge in [0.1, 0.15) is 17.0 Å². The molecule has 10 rings (SSSR count). The van der Waals surface area contributed by atoms with Gasteiger partial charge in [0.05, 0.1) is 23.5 Å². The van der Waals surface area contributed by atoms with Crippen LogP contribution in [0.25, 0.3) is 11.4 Å². The molecule has 2 aliphatic rings. The summed E-state index contributed by atoms with van der Waals surface area (Å²) >= 11 is 0. The predicted octanol–water partition coefficient (Wildman–Crippen LogP) is 14.0. The Morgan fingerprint density at radius 2 is 0.953 bits per heavy atom. The largest absolute Gasteiger partial charge is 0.444 e. The van der Waals surface area contributed by atoms with Crippen LogP contribution in [0.5, 0.6) is 0 Å². The van der Waals surface area contributed by atoms with Crippen LogP contribution in [0.3, 0.4) is 0 Å². The molecule has 2 fully saturated rings. The van der Waals surface area contributed by atoms with E-state index < -0.39 is 47.2 Å². The van der Waals surface area contributed by atoms with E-state index in [1.807, 2.05) is 74.5 Å². The number of ether oxygens (including phenoxy) is 1. The summed E-state index contributed by atoms with van der Waals surface area (Å²) in [6.45, 7) is 11.3. The van der Waals surface area contributed by atoms with Crippen molar-refractivity contribution >= 4 is 41.7 Å². The highest BCUT2D eigenvalue weighted by atomic mass is 35.5. The van der Waals surface area contributed by atoms with Crippen molar-refractivity contribution in [2.45, 2.75) is 103 Å². The zero-order valence-corrected chi connectivity index (χ0v) is 49.0. The van der Waals surface area contributed by atoms with Crippen LogP contribution < -0.4 is 32.3 Å². The molecule has 2 atom stereocenters. The van der Waals surface area contributed by atoms with Crippen molar-refractivity contribution in [3.63, 3.8) is 0 Å². The Kier molecular flexibility index (Phi) is 20.3. The van der Waals surface area contributed by atoms with Gasteiger partial charge in [-0.1, -0.05) is 108 Å². The Balaban J connectivity index is 0.000000224. The summed E-state index contributed by atoms with van der Waals surface area (Å²) in [5, 5.41) is 22.9. The molecule has 7 N–H and O–H groups in total. The molecule has 3 amide bonds. The smallest absolute Gasteiger partial charge is 0.435 e. The molecule has 0 saturated heterocycles. The van der Waals surface area contributed by atoms with E-state index in [0.29, 0.717) is 40.0 Å². The average molecular weight is 1200 g/mol. The number of carbonyl (C=O) groups excluding carboxylic acids is 3. The van der Waals surface area contributed by atoms with Crippen molar-refractivity contribution < 1.29 is 45.5 Å². The van der Waals surface area contributed by atoms with Crippen molar-refractivity contribution in [3.8, 4) is 11.4 Å². The topological polar surface area (TPSA) is 182 Å². The molecular weight excluding hydrogens is 1130 g/mol. The maximum absolute atomic E-state index is 13.8. The lowest BCUT2D eigenvalue weighted by Gasteiger charge is -2.21. The summed E-state index contributed by atoms with van der Waals surface area (Å²) in [5.41, 5.74) is 11.2. The predicted molar refractivity (Wildman–Crippen MR) is 322 cm³/mol. The van der Waals surface area contributed by atoms with Crippen LogP contribution in [-0.2, 0) is 30.2 Å². The zero-order chi connectivity index (χ0) is 60.6. The Morgan fingerprint density at radius 1 is 0.558 bits per heavy atom. The second-order valence-corrected chi connectivity index (χ2v) is 22.6. The Labute approximate surface area is 501 Å². The summed E-state index contributed by atoms with van der Waals surface area (Å²) in [6.07, 6.45) is -5.30. The fourth-order valence-corrected chi connectivity index (χ4v) is 9.61. The molecule has 2 aromatic heterocycles. The minimum atomic E-state index is -4.77. The van der Waals surface area contributed by atoms with E-state index in [1.54, 1.807) is 81.4 Å². The molecule has 2 unspecified atom stereocenters. The zero-order valence-electron chi connectivity index (χ0n) is 48.2. The van der Waals surface area contributed by atoms with Gasteiger partial charge in [-0.25, -0.2) is 14.2 Å². The minimum absolute atomic E-state index is 0. The SMILES string of the molecule is Cc1cccc(C(NCC2CC2)c2cccc(NC(=O)c3cc(C(F)(F)F)nn3-c3cccc(CN)c3)c2)c1.Cc1cccc(C(NCC2CC2)c2cccc(NC(=O)c3cc(C(F)(F)F)nn3-c3cccc(CNC(=O)OC(C)(C)C)c3)c2)c1.Cl. The standard InChI is InChI=1S/C35H38F3N5O3.C30H30F3N5O.ClH/c1-22-8-5-10-25(16-22)31(39-20-23-14-15-23)26-11-7-12-27(18-26)41-32(44)29-19-30(35(36,37)38)42-43(29)28-13-6-9-24(17-28)21-40-33(45)46-34(2,3)4;1-19-5-2-7-22(13-19)28(35-18-20-11-12-20)23-8-4-9-24(15-23)36-29(39)26-16-27(30(31,32)33)37-38(26)25-10-3-6-21(14-25)17-34;/h5-13,16-19,23,31,39H,14-15,20-21H2,1-4H3,(H,40,45)(H,41,44);2-10,13-16,20,28,35H,11-12,17-18,34H2,1H3,(H,36,39);1H. The molecular formula is C65H69ClF6N10O4. The molecule has 86 heavy (non-hydrogen) atoms. The number of alkyl halides is 6. The van der Waals surface area contributed by atoms with E-state index in [4.69, 9.17) is 10.5 Å². The first-order chi connectivity index (χ1) is 40.5. The van der Waals surface area contributed by atoms with E-state index in [0.717, 1.165) is 68.0 Å². The van der Waals surface area contributed by atoms with Gasteiger partial charge in [0.25, 0.3) is 11.8 Å². The van der Waals surface area contributed by atoms with Crippen molar-refractivity contribution in [1.82, 2.24) is 35.5 Å². The van der Waals surface area contributed by atoms with Crippen molar-refractivity contribution in [1.29, 1.82) is 0 Å². The molecule has 0 bridgehead atoms. The van der Waals surface area contributed by atoms with Crippen molar-refractivity contribution in [2.24, 2.45) is 17.6 Å². The van der Waals surface area contributed by atoms with Crippen LogP contribution in [0.4, 0.5) is 42.5 Å².